The zero-order valence-electron chi connectivity index (χ0n) is 12.4. The lowest BCUT2D eigenvalue weighted by molar-refractivity contribution is 0.254. The average molecular weight is 333 g/mol. The maximum Gasteiger partial charge on any atom is 0.173 e. The van der Waals surface area contributed by atoms with Gasteiger partial charge in [-0.25, -0.2) is 0 Å². The van der Waals surface area contributed by atoms with Crippen molar-refractivity contribution < 1.29 is 0 Å². The van der Waals surface area contributed by atoms with E-state index in [0.717, 1.165) is 18.5 Å². The molecule has 0 heterocycles. The third-order valence-corrected chi connectivity index (χ3v) is 4.23. The first-order chi connectivity index (χ1) is 9.38. The molecule has 1 N–H and O–H groups in total. The van der Waals surface area contributed by atoms with Gasteiger partial charge >= 0.3 is 0 Å². The van der Waals surface area contributed by atoms with Gasteiger partial charge in [-0.2, -0.15) is 0 Å². The highest BCUT2D eigenvalue weighted by Gasteiger charge is 2.20. The van der Waals surface area contributed by atoms with E-state index in [9.17, 15) is 0 Å². The molecule has 1 rings (SSSR count). The highest BCUT2D eigenvalue weighted by molar-refractivity contribution is 7.80. The zero-order valence-corrected chi connectivity index (χ0v) is 14.7. The van der Waals surface area contributed by atoms with E-state index in [1.54, 1.807) is 6.07 Å². The summed E-state index contributed by atoms with van der Waals surface area (Å²) in [6.45, 7) is 8.70. The number of thiocarbonyl (C=S) groups is 1. The molecule has 0 aliphatic carbocycles. The normalized spacial score (nSPS) is 13.7. The van der Waals surface area contributed by atoms with Crippen LogP contribution in [-0.4, -0.2) is 22.1 Å². The minimum atomic E-state index is 0.389. The lowest BCUT2D eigenvalue weighted by atomic mass is 10.1. The largest absolute Gasteiger partial charge is 0.344 e. The second-order valence-corrected chi connectivity index (χ2v) is 6.27. The second-order valence-electron chi connectivity index (χ2n) is 5.01. The van der Waals surface area contributed by atoms with Gasteiger partial charge in [0.1, 0.15) is 0 Å². The Kier molecular flexibility index (Phi) is 7.07. The first kappa shape index (κ1) is 17.5. The molecule has 1 aromatic carbocycles. The predicted octanol–water partition coefficient (Wildman–Crippen LogP) is 5.59. The molecule has 0 saturated carbocycles. The van der Waals surface area contributed by atoms with E-state index in [0.29, 0.717) is 27.2 Å². The maximum absolute atomic E-state index is 6.01. The number of hydrogen-bond donors (Lipinski definition) is 1. The standard InChI is InChI=1S/C15H22Cl2N2S/c1-5-10(3)19(11(4)6-2)15(20)18-14-8-12(16)7-13(17)9-14/h7-11H,5-6H2,1-4H3,(H,18,20). The minimum absolute atomic E-state index is 0.389. The molecule has 20 heavy (non-hydrogen) atoms. The van der Waals surface area contributed by atoms with Gasteiger partial charge in [-0.15, -0.1) is 0 Å². The van der Waals surface area contributed by atoms with Crippen LogP contribution in [0, 0.1) is 0 Å². The molecule has 0 aromatic heterocycles. The first-order valence-electron chi connectivity index (χ1n) is 6.94. The molecule has 2 unspecified atom stereocenters. The van der Waals surface area contributed by atoms with Crippen LogP contribution in [0.25, 0.3) is 0 Å². The smallest absolute Gasteiger partial charge is 0.173 e. The summed E-state index contributed by atoms with van der Waals surface area (Å²) >= 11 is 17.6. The van der Waals surface area contributed by atoms with Crippen molar-refractivity contribution >= 4 is 46.2 Å². The van der Waals surface area contributed by atoms with E-state index >= 15 is 0 Å². The van der Waals surface area contributed by atoms with Gasteiger partial charge in [-0.05, 0) is 57.1 Å². The van der Waals surface area contributed by atoms with Crippen molar-refractivity contribution in [2.24, 2.45) is 0 Å². The fraction of sp³-hybridized carbons (Fsp3) is 0.533. The molecule has 0 aliphatic rings. The summed E-state index contributed by atoms with van der Waals surface area (Å²) in [6, 6.07) is 6.13. The van der Waals surface area contributed by atoms with E-state index in [1.165, 1.54) is 0 Å². The summed E-state index contributed by atoms with van der Waals surface area (Å²) in [7, 11) is 0. The van der Waals surface area contributed by atoms with Gasteiger partial charge in [0.15, 0.2) is 5.11 Å². The van der Waals surface area contributed by atoms with Crippen LogP contribution in [0.15, 0.2) is 18.2 Å². The molecule has 2 atom stereocenters. The van der Waals surface area contributed by atoms with Crippen LogP contribution in [0.3, 0.4) is 0 Å². The van der Waals surface area contributed by atoms with Crippen LogP contribution in [0.4, 0.5) is 5.69 Å². The van der Waals surface area contributed by atoms with Gasteiger partial charge in [0, 0.05) is 27.8 Å². The number of nitrogens with zero attached hydrogens (tertiary/aromatic N) is 1. The fourth-order valence-corrected chi connectivity index (χ4v) is 3.05. The van der Waals surface area contributed by atoms with E-state index < -0.39 is 0 Å². The lowest BCUT2D eigenvalue weighted by Gasteiger charge is -2.36. The molecule has 0 aliphatic heterocycles. The van der Waals surface area contributed by atoms with Gasteiger partial charge in [-0.1, -0.05) is 37.0 Å². The Balaban J connectivity index is 2.90. The van der Waals surface area contributed by atoms with Crippen LogP contribution in [-0.2, 0) is 0 Å². The van der Waals surface area contributed by atoms with Gasteiger partial charge in [-0.3, -0.25) is 0 Å². The molecule has 0 fully saturated rings. The Morgan fingerprint density at radius 2 is 1.55 bits per heavy atom. The lowest BCUT2D eigenvalue weighted by Crippen LogP contribution is -2.46. The number of benzene rings is 1. The monoisotopic (exact) mass is 332 g/mol. The quantitative estimate of drug-likeness (QED) is 0.707. The van der Waals surface area contributed by atoms with Crippen LogP contribution < -0.4 is 5.32 Å². The average Bonchev–Trinajstić information content (AvgIpc) is 2.37. The summed E-state index contributed by atoms with van der Waals surface area (Å²) in [6.07, 6.45) is 2.09. The van der Waals surface area contributed by atoms with Crippen molar-refractivity contribution in [2.45, 2.75) is 52.6 Å². The van der Waals surface area contributed by atoms with Gasteiger partial charge in [0.2, 0.25) is 0 Å². The summed E-state index contributed by atoms with van der Waals surface area (Å²) in [4.78, 5) is 2.24. The molecular formula is C15H22Cl2N2S. The molecule has 0 bridgehead atoms. The van der Waals surface area contributed by atoms with Crippen LogP contribution in [0.2, 0.25) is 10.0 Å². The molecule has 0 spiro atoms. The second kappa shape index (κ2) is 8.06. The topological polar surface area (TPSA) is 15.3 Å². The van der Waals surface area contributed by atoms with Crippen molar-refractivity contribution in [2.75, 3.05) is 5.32 Å². The van der Waals surface area contributed by atoms with Crippen molar-refractivity contribution in [3.8, 4) is 0 Å². The van der Waals surface area contributed by atoms with E-state index in [-0.39, 0.29) is 0 Å². The molecule has 0 radical (unpaired) electrons. The molecule has 5 heteroatoms. The van der Waals surface area contributed by atoms with Crippen molar-refractivity contribution in [1.29, 1.82) is 0 Å². The summed E-state index contributed by atoms with van der Waals surface area (Å²) in [5, 5.41) is 5.15. The van der Waals surface area contributed by atoms with Crippen molar-refractivity contribution in [1.82, 2.24) is 4.90 Å². The van der Waals surface area contributed by atoms with Crippen molar-refractivity contribution in [3.05, 3.63) is 28.2 Å². The molecule has 0 saturated heterocycles. The fourth-order valence-electron chi connectivity index (χ4n) is 2.04. The van der Waals surface area contributed by atoms with E-state index in [2.05, 4.69) is 37.9 Å². The molecule has 1 aromatic rings. The van der Waals surface area contributed by atoms with Crippen LogP contribution in [0.1, 0.15) is 40.5 Å². The Hall–Kier alpha value is -0.510. The van der Waals surface area contributed by atoms with Gasteiger partial charge < -0.3 is 10.2 Å². The molecule has 2 nitrogen and oxygen atoms in total. The maximum atomic E-state index is 6.01. The highest BCUT2D eigenvalue weighted by atomic mass is 35.5. The van der Waals surface area contributed by atoms with Crippen molar-refractivity contribution in [3.63, 3.8) is 0 Å². The summed E-state index contributed by atoms with van der Waals surface area (Å²) in [5.41, 5.74) is 0.823. The zero-order chi connectivity index (χ0) is 15.3. The number of anilines is 1. The SMILES string of the molecule is CCC(C)N(C(=S)Nc1cc(Cl)cc(Cl)c1)C(C)CC. The van der Waals surface area contributed by atoms with Crippen LogP contribution >= 0.6 is 35.4 Å². The third kappa shape index (κ3) is 4.80. The third-order valence-electron chi connectivity index (χ3n) is 3.48. The predicted molar refractivity (Wildman–Crippen MR) is 94.0 cm³/mol. The number of rotatable bonds is 5. The van der Waals surface area contributed by atoms with Crippen LogP contribution in [0.5, 0.6) is 0 Å². The highest BCUT2D eigenvalue weighted by Crippen LogP contribution is 2.23. The Morgan fingerprint density at radius 1 is 1.10 bits per heavy atom. The summed E-state index contributed by atoms with van der Waals surface area (Å²) in [5.74, 6) is 0. The number of hydrogen-bond acceptors (Lipinski definition) is 1. The van der Waals surface area contributed by atoms with E-state index in [4.69, 9.17) is 35.4 Å². The Labute approximate surface area is 137 Å². The van der Waals surface area contributed by atoms with Gasteiger partial charge in [0.25, 0.3) is 0 Å². The Bertz CT molecular complexity index is 435. The summed E-state index contributed by atoms with van der Waals surface area (Å²) < 4.78 is 0. The number of halogens is 2. The first-order valence-corrected chi connectivity index (χ1v) is 8.10. The Morgan fingerprint density at radius 3 is 1.95 bits per heavy atom. The van der Waals surface area contributed by atoms with E-state index in [1.807, 2.05) is 12.1 Å². The number of nitrogens with one attached hydrogen (secondary N) is 1. The van der Waals surface area contributed by atoms with Gasteiger partial charge in [0.05, 0.1) is 0 Å². The molecular weight excluding hydrogens is 311 g/mol. The molecule has 112 valence electrons. The molecule has 0 amide bonds. The minimum Gasteiger partial charge on any atom is -0.344 e.